The van der Waals surface area contributed by atoms with Crippen LogP contribution in [0.1, 0.15) is 34.5 Å². The lowest BCUT2D eigenvalue weighted by molar-refractivity contribution is -0.125. The molecule has 26 heavy (non-hydrogen) atoms. The molecule has 1 aromatic carbocycles. The molecule has 134 valence electrons. The van der Waals surface area contributed by atoms with Gasteiger partial charge in [-0.1, -0.05) is 16.8 Å². The third-order valence-corrected chi connectivity index (χ3v) is 5.43. The summed E-state index contributed by atoms with van der Waals surface area (Å²) < 4.78 is 0.668. The topological polar surface area (TPSA) is 79.8 Å². The van der Waals surface area contributed by atoms with E-state index in [1.165, 1.54) is 11.3 Å². The van der Waals surface area contributed by atoms with Crippen LogP contribution in [0.4, 0.5) is 5.69 Å². The van der Waals surface area contributed by atoms with Crippen molar-refractivity contribution in [1.29, 1.82) is 0 Å². The molecule has 0 radical (unpaired) electrons. The molecule has 2 aliphatic rings. The third-order valence-electron chi connectivity index (χ3n) is 4.15. The lowest BCUT2D eigenvalue weighted by Gasteiger charge is -2.10. The maximum atomic E-state index is 12.4. The van der Waals surface area contributed by atoms with Crippen molar-refractivity contribution in [2.24, 2.45) is 5.16 Å². The van der Waals surface area contributed by atoms with Gasteiger partial charge in [-0.3, -0.25) is 9.59 Å². The standard InChI is InChI=1S/C18H16ClN3O3S/c19-16-8-7-15(26-16)13-9-14(25-22-13)18(24)21-11-3-1-10(2-4-11)17(23)20-12-5-6-12/h1-4,7-8,12,14H,5-6,9H2,(H,20,23)(H,21,24). The van der Waals surface area contributed by atoms with Crippen molar-refractivity contribution in [2.75, 3.05) is 5.32 Å². The number of oxime groups is 1. The molecule has 2 heterocycles. The minimum Gasteiger partial charge on any atom is -0.382 e. The van der Waals surface area contributed by atoms with Crippen molar-refractivity contribution in [2.45, 2.75) is 31.4 Å². The lowest BCUT2D eigenvalue weighted by atomic mass is 10.1. The number of benzene rings is 1. The molecule has 8 heteroatoms. The van der Waals surface area contributed by atoms with Crippen LogP contribution >= 0.6 is 22.9 Å². The van der Waals surface area contributed by atoms with Crippen molar-refractivity contribution >= 4 is 46.2 Å². The number of thiophene rings is 1. The van der Waals surface area contributed by atoms with Gasteiger partial charge in [0.05, 0.1) is 9.21 Å². The van der Waals surface area contributed by atoms with E-state index < -0.39 is 6.10 Å². The maximum absolute atomic E-state index is 12.4. The number of carbonyl (C=O) groups excluding carboxylic acids is 2. The Morgan fingerprint density at radius 2 is 1.92 bits per heavy atom. The van der Waals surface area contributed by atoms with Gasteiger partial charge in [0, 0.05) is 23.7 Å². The summed E-state index contributed by atoms with van der Waals surface area (Å²) in [6.07, 6.45) is 1.81. The summed E-state index contributed by atoms with van der Waals surface area (Å²) in [5, 5.41) is 9.70. The van der Waals surface area contributed by atoms with E-state index in [2.05, 4.69) is 15.8 Å². The zero-order valence-electron chi connectivity index (χ0n) is 13.7. The Morgan fingerprint density at radius 3 is 2.58 bits per heavy atom. The van der Waals surface area contributed by atoms with Crippen LogP contribution in [-0.2, 0) is 9.63 Å². The van der Waals surface area contributed by atoms with Gasteiger partial charge in [-0.15, -0.1) is 11.3 Å². The third kappa shape index (κ3) is 3.89. The summed E-state index contributed by atoms with van der Waals surface area (Å²) in [6.45, 7) is 0. The molecule has 0 spiro atoms. The Kier molecular flexibility index (Phi) is 4.65. The average molecular weight is 390 g/mol. The fourth-order valence-corrected chi connectivity index (χ4v) is 3.59. The van der Waals surface area contributed by atoms with Crippen LogP contribution in [0, 0.1) is 0 Å². The van der Waals surface area contributed by atoms with Gasteiger partial charge in [0.2, 0.25) is 6.10 Å². The highest BCUT2D eigenvalue weighted by atomic mass is 35.5. The molecular weight excluding hydrogens is 374 g/mol. The quantitative estimate of drug-likeness (QED) is 0.822. The highest BCUT2D eigenvalue weighted by Gasteiger charge is 2.29. The minimum atomic E-state index is -0.677. The molecule has 1 aliphatic carbocycles. The lowest BCUT2D eigenvalue weighted by Crippen LogP contribution is -2.28. The fraction of sp³-hybridized carbons (Fsp3) is 0.278. The second-order valence-corrected chi connectivity index (χ2v) is 7.97. The second-order valence-electron chi connectivity index (χ2n) is 6.25. The number of carbonyl (C=O) groups is 2. The largest absolute Gasteiger partial charge is 0.382 e. The Morgan fingerprint density at radius 1 is 1.15 bits per heavy atom. The number of nitrogens with zero attached hydrogens (tertiary/aromatic N) is 1. The number of hydrogen-bond donors (Lipinski definition) is 2. The van der Waals surface area contributed by atoms with Gasteiger partial charge in [0.15, 0.2) is 0 Å². The van der Waals surface area contributed by atoms with Crippen LogP contribution in [0.5, 0.6) is 0 Å². The number of rotatable bonds is 5. The van der Waals surface area contributed by atoms with Crippen molar-refractivity contribution in [1.82, 2.24) is 5.32 Å². The highest BCUT2D eigenvalue weighted by molar-refractivity contribution is 7.18. The molecule has 1 atom stereocenters. The molecule has 2 amide bonds. The average Bonchev–Trinajstić information content (AvgIpc) is 3.13. The van der Waals surface area contributed by atoms with E-state index >= 15 is 0 Å². The second kappa shape index (κ2) is 7.09. The predicted molar refractivity (Wildman–Crippen MR) is 101 cm³/mol. The summed E-state index contributed by atoms with van der Waals surface area (Å²) in [5.41, 5.74) is 1.90. The van der Waals surface area contributed by atoms with Crippen LogP contribution in [0.15, 0.2) is 41.6 Å². The van der Waals surface area contributed by atoms with Crippen LogP contribution in [0.3, 0.4) is 0 Å². The molecule has 1 aromatic heterocycles. The molecule has 1 aliphatic heterocycles. The number of nitrogens with one attached hydrogen (secondary N) is 2. The van der Waals surface area contributed by atoms with E-state index in [1.54, 1.807) is 30.3 Å². The molecular formula is C18H16ClN3O3S. The number of hydrogen-bond acceptors (Lipinski definition) is 5. The summed E-state index contributed by atoms with van der Waals surface area (Å²) in [7, 11) is 0. The summed E-state index contributed by atoms with van der Waals surface area (Å²) in [5.74, 6) is -0.362. The van der Waals surface area contributed by atoms with E-state index in [9.17, 15) is 9.59 Å². The van der Waals surface area contributed by atoms with Crippen molar-refractivity contribution in [3.05, 3.63) is 51.2 Å². The van der Waals surface area contributed by atoms with Gasteiger partial charge < -0.3 is 15.5 Å². The van der Waals surface area contributed by atoms with Crippen molar-refractivity contribution in [3.8, 4) is 0 Å². The van der Waals surface area contributed by atoms with Gasteiger partial charge >= 0.3 is 0 Å². The monoisotopic (exact) mass is 389 g/mol. The first-order chi connectivity index (χ1) is 12.6. The molecule has 1 unspecified atom stereocenters. The Bertz CT molecular complexity index is 874. The SMILES string of the molecule is O=C(NC1CC1)c1ccc(NC(=O)C2CC(c3ccc(Cl)s3)=NO2)cc1. The summed E-state index contributed by atoms with van der Waals surface area (Å²) in [6, 6.07) is 10.8. The van der Waals surface area contributed by atoms with Gasteiger partial charge in [-0.05, 0) is 49.2 Å². The molecule has 1 fully saturated rings. The zero-order chi connectivity index (χ0) is 18.1. The van der Waals surface area contributed by atoms with Crippen LogP contribution < -0.4 is 10.6 Å². The number of halogens is 1. The van der Waals surface area contributed by atoms with Gasteiger partial charge in [0.1, 0.15) is 5.71 Å². The van der Waals surface area contributed by atoms with Gasteiger partial charge in [-0.25, -0.2) is 0 Å². The summed E-state index contributed by atoms with van der Waals surface area (Å²) in [4.78, 5) is 30.5. The molecule has 4 rings (SSSR count). The van der Waals surface area contributed by atoms with Crippen molar-refractivity contribution < 1.29 is 14.4 Å². The first-order valence-electron chi connectivity index (χ1n) is 8.29. The predicted octanol–water partition coefficient (Wildman–Crippen LogP) is 3.43. The van der Waals surface area contributed by atoms with Crippen LogP contribution in [-0.4, -0.2) is 29.7 Å². The van der Waals surface area contributed by atoms with Crippen LogP contribution in [0.25, 0.3) is 0 Å². The molecule has 2 N–H and O–H groups in total. The molecule has 1 saturated carbocycles. The van der Waals surface area contributed by atoms with E-state index in [-0.39, 0.29) is 11.8 Å². The van der Waals surface area contributed by atoms with Crippen LogP contribution in [0.2, 0.25) is 4.34 Å². The fourth-order valence-electron chi connectivity index (χ4n) is 2.56. The normalized spacial score (nSPS) is 18.8. The summed E-state index contributed by atoms with van der Waals surface area (Å²) >= 11 is 7.33. The van der Waals surface area contributed by atoms with E-state index in [0.717, 1.165) is 17.7 Å². The first-order valence-corrected chi connectivity index (χ1v) is 9.48. The number of anilines is 1. The highest BCUT2D eigenvalue weighted by Crippen LogP contribution is 2.27. The maximum Gasteiger partial charge on any atom is 0.268 e. The smallest absolute Gasteiger partial charge is 0.268 e. The first kappa shape index (κ1) is 17.1. The zero-order valence-corrected chi connectivity index (χ0v) is 15.3. The molecule has 2 aromatic rings. The van der Waals surface area contributed by atoms with E-state index in [1.807, 2.05) is 6.07 Å². The molecule has 0 bridgehead atoms. The van der Waals surface area contributed by atoms with E-state index in [0.29, 0.717) is 33.8 Å². The molecule has 0 saturated heterocycles. The van der Waals surface area contributed by atoms with Gasteiger partial charge in [-0.2, -0.15) is 0 Å². The Balaban J connectivity index is 1.33. The molecule has 6 nitrogen and oxygen atoms in total. The Hall–Kier alpha value is -2.38. The van der Waals surface area contributed by atoms with Crippen molar-refractivity contribution in [3.63, 3.8) is 0 Å². The Labute approximate surface area is 159 Å². The minimum absolute atomic E-state index is 0.0860. The van der Waals surface area contributed by atoms with Gasteiger partial charge in [0.25, 0.3) is 11.8 Å². The van der Waals surface area contributed by atoms with E-state index in [4.69, 9.17) is 16.4 Å². The number of amides is 2.